The predicted molar refractivity (Wildman–Crippen MR) is 116 cm³/mol. The molecule has 1 aromatic heterocycles. The molecule has 32 heavy (non-hydrogen) atoms. The van der Waals surface area contributed by atoms with Crippen LogP contribution in [0.25, 0.3) is 0 Å². The van der Waals surface area contributed by atoms with Gasteiger partial charge in [0, 0.05) is 38.9 Å². The Labute approximate surface area is 185 Å². The zero-order valence-corrected chi connectivity index (χ0v) is 18.1. The first-order valence-electron chi connectivity index (χ1n) is 10.3. The number of ether oxygens (including phenoxy) is 1. The highest BCUT2D eigenvalue weighted by Gasteiger charge is 2.23. The minimum Gasteiger partial charge on any atom is -0.462 e. The summed E-state index contributed by atoms with van der Waals surface area (Å²) in [5.41, 5.74) is 0.753. The highest BCUT2D eigenvalue weighted by Crippen LogP contribution is 2.15. The maximum absolute atomic E-state index is 13.0. The Bertz CT molecular complexity index is 954. The number of aryl methyl sites for hydroxylation is 1. The molecule has 2 N–H and O–H groups in total. The molecule has 0 spiro atoms. The minimum atomic E-state index is -0.538. The molecule has 1 aliphatic rings. The lowest BCUT2D eigenvalue weighted by molar-refractivity contribution is -0.120. The molecule has 0 radical (unpaired) electrons. The third-order valence-electron chi connectivity index (χ3n) is 5.02. The van der Waals surface area contributed by atoms with E-state index in [-0.39, 0.29) is 42.9 Å². The first kappa shape index (κ1) is 23.4. The van der Waals surface area contributed by atoms with Crippen LogP contribution >= 0.6 is 0 Å². The standard InChI is InChI=1S/C21H27FN6O4/c1-3-32-21(31)17-12-23-26(2)20(17)25-19(30)14-28-10-8-27(9-11-28)13-18(29)24-16-6-4-15(22)5-7-16/h4-7,12H,3,8-11,13-14H2,1-2H3,(H,24,29)(H,25,30). The molecule has 0 unspecified atom stereocenters. The van der Waals surface area contributed by atoms with E-state index in [0.717, 1.165) is 0 Å². The van der Waals surface area contributed by atoms with Crippen LogP contribution in [0.5, 0.6) is 0 Å². The number of carbonyl (C=O) groups is 3. The Morgan fingerprint density at radius 3 is 2.12 bits per heavy atom. The molecule has 1 aliphatic heterocycles. The normalized spacial score (nSPS) is 14.7. The van der Waals surface area contributed by atoms with Gasteiger partial charge in [-0.1, -0.05) is 0 Å². The Hall–Kier alpha value is -3.31. The van der Waals surface area contributed by atoms with Crippen LogP contribution in [0.4, 0.5) is 15.9 Å². The Kier molecular flexibility index (Phi) is 7.90. The monoisotopic (exact) mass is 446 g/mol. The lowest BCUT2D eigenvalue weighted by Crippen LogP contribution is -2.50. The van der Waals surface area contributed by atoms with Crippen molar-refractivity contribution in [2.75, 3.05) is 56.5 Å². The van der Waals surface area contributed by atoms with E-state index in [4.69, 9.17) is 4.74 Å². The highest BCUT2D eigenvalue weighted by molar-refractivity contribution is 6.00. The number of rotatable bonds is 8. The van der Waals surface area contributed by atoms with Crippen LogP contribution in [0.15, 0.2) is 30.5 Å². The van der Waals surface area contributed by atoms with Crippen molar-refractivity contribution in [2.24, 2.45) is 7.05 Å². The third kappa shape index (κ3) is 6.34. The van der Waals surface area contributed by atoms with Gasteiger partial charge in [-0.25, -0.2) is 9.18 Å². The van der Waals surface area contributed by atoms with Crippen LogP contribution in [0, 0.1) is 5.82 Å². The molecule has 1 aromatic carbocycles. The molecule has 1 fully saturated rings. The highest BCUT2D eigenvalue weighted by atomic mass is 19.1. The van der Waals surface area contributed by atoms with Crippen molar-refractivity contribution in [3.05, 3.63) is 41.8 Å². The van der Waals surface area contributed by atoms with Gasteiger partial charge in [0.05, 0.1) is 25.9 Å². The molecule has 0 atom stereocenters. The van der Waals surface area contributed by atoms with Crippen LogP contribution in [0.2, 0.25) is 0 Å². The summed E-state index contributed by atoms with van der Waals surface area (Å²) in [5, 5.41) is 9.49. The topological polar surface area (TPSA) is 109 Å². The molecular formula is C21H27FN6O4. The zero-order chi connectivity index (χ0) is 23.1. The van der Waals surface area contributed by atoms with E-state index < -0.39 is 5.97 Å². The molecule has 11 heteroatoms. The van der Waals surface area contributed by atoms with Crippen molar-refractivity contribution >= 4 is 29.3 Å². The zero-order valence-electron chi connectivity index (χ0n) is 18.1. The second kappa shape index (κ2) is 10.8. The molecule has 2 aromatic rings. The fourth-order valence-electron chi connectivity index (χ4n) is 3.36. The van der Waals surface area contributed by atoms with Gasteiger partial charge in [-0.3, -0.25) is 24.1 Å². The largest absolute Gasteiger partial charge is 0.462 e. The fourth-order valence-corrected chi connectivity index (χ4v) is 3.36. The summed E-state index contributed by atoms with van der Waals surface area (Å²) in [4.78, 5) is 40.7. The molecule has 0 bridgehead atoms. The van der Waals surface area contributed by atoms with Crippen molar-refractivity contribution in [3.63, 3.8) is 0 Å². The summed E-state index contributed by atoms with van der Waals surface area (Å²) in [7, 11) is 1.63. The third-order valence-corrected chi connectivity index (χ3v) is 5.02. The fraction of sp³-hybridized carbons (Fsp3) is 0.429. The lowest BCUT2D eigenvalue weighted by Gasteiger charge is -2.33. The molecule has 0 saturated carbocycles. The van der Waals surface area contributed by atoms with Gasteiger partial charge < -0.3 is 15.4 Å². The number of hydrogen-bond donors (Lipinski definition) is 2. The molecule has 1 saturated heterocycles. The maximum atomic E-state index is 13.0. The van der Waals surface area contributed by atoms with Crippen LogP contribution in [0.1, 0.15) is 17.3 Å². The first-order valence-corrected chi connectivity index (χ1v) is 10.3. The molecule has 10 nitrogen and oxygen atoms in total. The second-order valence-corrected chi connectivity index (χ2v) is 7.41. The van der Waals surface area contributed by atoms with E-state index in [2.05, 4.69) is 15.7 Å². The van der Waals surface area contributed by atoms with Gasteiger partial charge in [0.25, 0.3) is 0 Å². The van der Waals surface area contributed by atoms with E-state index in [9.17, 15) is 18.8 Å². The van der Waals surface area contributed by atoms with E-state index >= 15 is 0 Å². The number of anilines is 2. The summed E-state index contributed by atoms with van der Waals surface area (Å²) in [6.07, 6.45) is 1.36. The van der Waals surface area contributed by atoms with E-state index in [0.29, 0.717) is 37.7 Å². The van der Waals surface area contributed by atoms with Crippen LogP contribution in [-0.2, 0) is 21.4 Å². The predicted octanol–water partition coefficient (Wildman–Crippen LogP) is 0.931. The molecule has 2 heterocycles. The Balaban J connectivity index is 1.43. The lowest BCUT2D eigenvalue weighted by atomic mass is 10.3. The SMILES string of the molecule is CCOC(=O)c1cnn(C)c1NC(=O)CN1CCN(CC(=O)Nc2ccc(F)cc2)CC1. The molecule has 172 valence electrons. The number of benzene rings is 1. The van der Waals surface area contributed by atoms with Crippen molar-refractivity contribution in [1.82, 2.24) is 19.6 Å². The van der Waals surface area contributed by atoms with Gasteiger partial charge in [-0.2, -0.15) is 5.10 Å². The van der Waals surface area contributed by atoms with Crippen LogP contribution in [-0.4, -0.2) is 83.2 Å². The maximum Gasteiger partial charge on any atom is 0.343 e. The number of esters is 1. The number of aromatic nitrogens is 2. The number of nitrogens with one attached hydrogen (secondary N) is 2. The average molecular weight is 446 g/mol. The molecular weight excluding hydrogens is 419 g/mol. The molecule has 2 amide bonds. The minimum absolute atomic E-state index is 0.156. The average Bonchev–Trinajstić information content (AvgIpc) is 3.11. The number of hydrogen-bond acceptors (Lipinski definition) is 7. The number of halogens is 1. The number of nitrogens with zero attached hydrogens (tertiary/aromatic N) is 4. The van der Waals surface area contributed by atoms with Crippen molar-refractivity contribution in [1.29, 1.82) is 0 Å². The second-order valence-electron chi connectivity index (χ2n) is 7.41. The molecule has 3 rings (SSSR count). The van der Waals surface area contributed by atoms with Crippen molar-refractivity contribution in [3.8, 4) is 0 Å². The van der Waals surface area contributed by atoms with Crippen molar-refractivity contribution in [2.45, 2.75) is 6.92 Å². The number of amides is 2. The first-order chi connectivity index (χ1) is 15.4. The van der Waals surface area contributed by atoms with E-state index in [1.54, 1.807) is 14.0 Å². The quantitative estimate of drug-likeness (QED) is 0.581. The summed E-state index contributed by atoms with van der Waals surface area (Å²) in [5.74, 6) is -1.04. The summed E-state index contributed by atoms with van der Waals surface area (Å²) >= 11 is 0. The smallest absolute Gasteiger partial charge is 0.343 e. The summed E-state index contributed by atoms with van der Waals surface area (Å²) in [6.45, 7) is 4.80. The Morgan fingerprint density at radius 2 is 1.56 bits per heavy atom. The van der Waals surface area contributed by atoms with Crippen molar-refractivity contribution < 1.29 is 23.5 Å². The van der Waals surface area contributed by atoms with Gasteiger partial charge in [0.1, 0.15) is 17.2 Å². The number of carbonyl (C=O) groups excluding carboxylic acids is 3. The van der Waals surface area contributed by atoms with Gasteiger partial charge in [-0.05, 0) is 31.2 Å². The number of piperazine rings is 1. The Morgan fingerprint density at radius 1 is 1.00 bits per heavy atom. The van der Waals surface area contributed by atoms with Crippen LogP contribution in [0.3, 0.4) is 0 Å². The van der Waals surface area contributed by atoms with E-state index in [1.807, 2.05) is 9.80 Å². The van der Waals surface area contributed by atoms with E-state index in [1.165, 1.54) is 35.1 Å². The van der Waals surface area contributed by atoms with Gasteiger partial charge in [0.2, 0.25) is 11.8 Å². The van der Waals surface area contributed by atoms with Gasteiger partial charge in [-0.15, -0.1) is 0 Å². The summed E-state index contributed by atoms with van der Waals surface area (Å²) < 4.78 is 19.4. The molecule has 0 aliphatic carbocycles. The van der Waals surface area contributed by atoms with Crippen LogP contribution < -0.4 is 10.6 Å². The van der Waals surface area contributed by atoms with Gasteiger partial charge >= 0.3 is 5.97 Å². The summed E-state index contributed by atoms with van der Waals surface area (Å²) in [6, 6.07) is 5.61. The van der Waals surface area contributed by atoms with Gasteiger partial charge in [0.15, 0.2) is 0 Å².